The molecule has 0 unspecified atom stereocenters. The number of carbonyl (C=O) groups is 2. The predicted molar refractivity (Wildman–Crippen MR) is 61.9 cm³/mol. The Bertz CT molecular complexity index is 209. The predicted octanol–water partition coefficient (Wildman–Crippen LogP) is 1.15. The maximum atomic E-state index is 11.4. The summed E-state index contributed by atoms with van der Waals surface area (Å²) in [5, 5.41) is 0. The number of hydrogen-bond acceptors (Lipinski definition) is 4. The quantitative estimate of drug-likeness (QED) is 0.619. The number of rotatable bonds is 7. The van der Waals surface area contributed by atoms with E-state index in [0.717, 1.165) is 5.75 Å². The van der Waals surface area contributed by atoms with Crippen molar-refractivity contribution in [3.05, 3.63) is 0 Å². The molecule has 0 aliphatic rings. The monoisotopic (exact) mass is 233 g/mol. The summed E-state index contributed by atoms with van der Waals surface area (Å²) in [7, 11) is 3.13. The van der Waals surface area contributed by atoms with Crippen molar-refractivity contribution in [2.75, 3.05) is 32.7 Å². The zero-order chi connectivity index (χ0) is 11.7. The highest BCUT2D eigenvalue weighted by atomic mass is 32.2. The van der Waals surface area contributed by atoms with Crippen molar-refractivity contribution in [3.63, 3.8) is 0 Å². The minimum atomic E-state index is -0.222. The Balaban J connectivity index is 3.59. The van der Waals surface area contributed by atoms with Crippen LogP contribution >= 0.6 is 11.8 Å². The van der Waals surface area contributed by atoms with Crippen molar-refractivity contribution in [2.24, 2.45) is 0 Å². The lowest BCUT2D eigenvalue weighted by Crippen LogP contribution is -2.28. The second-order valence-electron chi connectivity index (χ2n) is 3.24. The first-order chi connectivity index (χ1) is 7.11. The molecule has 0 aromatic rings. The number of nitrogens with zero attached hydrogens (tertiary/aromatic N) is 1. The van der Waals surface area contributed by atoms with Crippen LogP contribution in [0.1, 0.15) is 19.3 Å². The molecule has 0 aromatic carbocycles. The van der Waals surface area contributed by atoms with E-state index in [1.807, 2.05) is 6.26 Å². The fourth-order valence-electron chi connectivity index (χ4n) is 1.07. The van der Waals surface area contributed by atoms with Crippen molar-refractivity contribution in [3.8, 4) is 0 Å². The third-order valence-electron chi connectivity index (χ3n) is 2.05. The zero-order valence-electron chi connectivity index (χ0n) is 9.62. The Labute approximate surface area is 95.3 Å². The van der Waals surface area contributed by atoms with Crippen molar-refractivity contribution in [2.45, 2.75) is 19.3 Å². The molecule has 0 saturated heterocycles. The molecule has 0 aromatic heterocycles. The molecule has 0 aliphatic carbocycles. The lowest BCUT2D eigenvalue weighted by molar-refractivity contribution is -0.141. The van der Waals surface area contributed by atoms with Crippen LogP contribution in [0.5, 0.6) is 0 Å². The molecule has 88 valence electrons. The van der Waals surface area contributed by atoms with Crippen LogP contribution in [-0.4, -0.2) is 49.5 Å². The summed E-state index contributed by atoms with van der Waals surface area (Å²) >= 11 is 1.66. The molecule has 0 N–H and O–H groups in total. The van der Waals surface area contributed by atoms with Gasteiger partial charge in [0.15, 0.2) is 0 Å². The molecule has 0 saturated carbocycles. The Hall–Kier alpha value is -0.710. The highest BCUT2D eigenvalue weighted by Crippen LogP contribution is 2.01. The molecule has 4 nitrogen and oxygen atoms in total. The fourth-order valence-corrected chi connectivity index (χ4v) is 1.45. The average molecular weight is 233 g/mol. The van der Waals surface area contributed by atoms with Crippen LogP contribution in [0, 0.1) is 0 Å². The van der Waals surface area contributed by atoms with Crippen LogP contribution in [0.3, 0.4) is 0 Å². The van der Waals surface area contributed by atoms with E-state index in [1.54, 1.807) is 23.7 Å². The zero-order valence-corrected chi connectivity index (χ0v) is 10.4. The van der Waals surface area contributed by atoms with Gasteiger partial charge >= 0.3 is 5.97 Å². The Morgan fingerprint density at radius 3 is 2.53 bits per heavy atom. The number of ether oxygens (including phenoxy) is 1. The van der Waals surface area contributed by atoms with Gasteiger partial charge in [-0.1, -0.05) is 0 Å². The van der Waals surface area contributed by atoms with Gasteiger partial charge in [0.2, 0.25) is 5.91 Å². The van der Waals surface area contributed by atoms with Crippen molar-refractivity contribution in [1.82, 2.24) is 4.90 Å². The molecule has 0 spiro atoms. The summed E-state index contributed by atoms with van der Waals surface area (Å²) in [4.78, 5) is 23.9. The highest BCUT2D eigenvalue weighted by molar-refractivity contribution is 7.98. The summed E-state index contributed by atoms with van der Waals surface area (Å²) in [6.07, 6.45) is 3.57. The second-order valence-corrected chi connectivity index (χ2v) is 4.22. The standard InChI is InChI=1S/C10H19NO3S/c1-11(9(12)6-8-15-3)7-4-5-10(13)14-2/h4-8H2,1-3H3. The molecule has 0 rings (SSSR count). The molecule has 0 heterocycles. The van der Waals surface area contributed by atoms with E-state index in [4.69, 9.17) is 0 Å². The van der Waals surface area contributed by atoms with E-state index in [1.165, 1.54) is 7.11 Å². The number of methoxy groups -OCH3 is 1. The molecular formula is C10H19NO3S. The second kappa shape index (κ2) is 8.59. The van der Waals surface area contributed by atoms with E-state index in [9.17, 15) is 9.59 Å². The number of amides is 1. The van der Waals surface area contributed by atoms with Gasteiger partial charge in [0.1, 0.15) is 0 Å². The van der Waals surface area contributed by atoms with E-state index < -0.39 is 0 Å². The van der Waals surface area contributed by atoms with Crippen LogP contribution in [0.2, 0.25) is 0 Å². The molecular weight excluding hydrogens is 214 g/mol. The smallest absolute Gasteiger partial charge is 0.305 e. The van der Waals surface area contributed by atoms with Gasteiger partial charge in [-0.15, -0.1) is 0 Å². The summed E-state index contributed by atoms with van der Waals surface area (Å²) in [6.45, 7) is 0.613. The minimum Gasteiger partial charge on any atom is -0.469 e. The Morgan fingerprint density at radius 1 is 1.33 bits per heavy atom. The van der Waals surface area contributed by atoms with Crippen LogP contribution < -0.4 is 0 Å². The van der Waals surface area contributed by atoms with E-state index in [0.29, 0.717) is 25.8 Å². The largest absolute Gasteiger partial charge is 0.469 e. The van der Waals surface area contributed by atoms with Crippen molar-refractivity contribution in [1.29, 1.82) is 0 Å². The summed E-state index contributed by atoms with van der Waals surface area (Å²) in [5.74, 6) is 0.759. The van der Waals surface area contributed by atoms with Gasteiger partial charge in [-0.05, 0) is 12.7 Å². The molecule has 15 heavy (non-hydrogen) atoms. The maximum absolute atomic E-state index is 11.4. The van der Waals surface area contributed by atoms with Crippen molar-refractivity contribution < 1.29 is 14.3 Å². The molecule has 0 atom stereocenters. The number of esters is 1. The first-order valence-electron chi connectivity index (χ1n) is 4.91. The number of carbonyl (C=O) groups excluding carboxylic acids is 2. The Kier molecular flexibility index (Phi) is 8.18. The van der Waals surface area contributed by atoms with E-state index in [-0.39, 0.29) is 11.9 Å². The number of thioether (sulfide) groups is 1. The lowest BCUT2D eigenvalue weighted by Gasteiger charge is -2.16. The van der Waals surface area contributed by atoms with E-state index in [2.05, 4.69) is 4.74 Å². The fraction of sp³-hybridized carbons (Fsp3) is 0.800. The molecule has 0 bridgehead atoms. The molecule has 0 radical (unpaired) electrons. The SMILES string of the molecule is COC(=O)CCCN(C)C(=O)CCSC. The third kappa shape index (κ3) is 7.25. The van der Waals surface area contributed by atoms with Crippen LogP contribution in [0.4, 0.5) is 0 Å². The summed E-state index contributed by atoms with van der Waals surface area (Å²) in [5.41, 5.74) is 0. The van der Waals surface area contributed by atoms with Gasteiger partial charge in [0, 0.05) is 32.2 Å². The first kappa shape index (κ1) is 14.3. The molecule has 5 heteroatoms. The normalized spacial score (nSPS) is 9.80. The van der Waals surface area contributed by atoms with Crippen LogP contribution in [-0.2, 0) is 14.3 Å². The van der Waals surface area contributed by atoms with Crippen molar-refractivity contribution >= 4 is 23.6 Å². The van der Waals surface area contributed by atoms with Gasteiger partial charge < -0.3 is 9.64 Å². The van der Waals surface area contributed by atoms with Gasteiger partial charge in [-0.3, -0.25) is 9.59 Å². The summed E-state index contributed by atoms with van der Waals surface area (Å²) in [6, 6.07) is 0. The average Bonchev–Trinajstić information content (AvgIpc) is 2.25. The van der Waals surface area contributed by atoms with E-state index >= 15 is 0 Å². The summed E-state index contributed by atoms with van der Waals surface area (Å²) < 4.78 is 4.51. The minimum absolute atomic E-state index is 0.134. The first-order valence-corrected chi connectivity index (χ1v) is 6.31. The molecule has 0 fully saturated rings. The lowest BCUT2D eigenvalue weighted by atomic mass is 10.3. The Morgan fingerprint density at radius 2 is 2.00 bits per heavy atom. The third-order valence-corrected chi connectivity index (χ3v) is 2.66. The maximum Gasteiger partial charge on any atom is 0.305 e. The number of hydrogen-bond donors (Lipinski definition) is 0. The topological polar surface area (TPSA) is 46.6 Å². The van der Waals surface area contributed by atoms with Gasteiger partial charge in [-0.2, -0.15) is 11.8 Å². The van der Waals surface area contributed by atoms with Crippen LogP contribution in [0.25, 0.3) is 0 Å². The van der Waals surface area contributed by atoms with Gasteiger partial charge in [-0.25, -0.2) is 0 Å². The molecule has 0 aliphatic heterocycles. The van der Waals surface area contributed by atoms with Gasteiger partial charge in [0.05, 0.1) is 7.11 Å². The highest BCUT2D eigenvalue weighted by Gasteiger charge is 2.08. The van der Waals surface area contributed by atoms with Crippen LogP contribution in [0.15, 0.2) is 0 Å². The molecule has 1 amide bonds. The van der Waals surface area contributed by atoms with Gasteiger partial charge in [0.25, 0.3) is 0 Å².